The van der Waals surface area contributed by atoms with E-state index in [2.05, 4.69) is 64.8 Å². The van der Waals surface area contributed by atoms with Crippen LogP contribution in [0.2, 0.25) is 0 Å². The predicted molar refractivity (Wildman–Crippen MR) is 126 cm³/mol. The number of aromatic nitrogens is 1. The molecule has 1 aromatic rings. The molecule has 2 unspecified atom stereocenters. The third-order valence-electron chi connectivity index (χ3n) is 6.72. The number of rotatable bonds is 5. The summed E-state index contributed by atoms with van der Waals surface area (Å²) in [6.45, 7) is 11.8. The van der Waals surface area contributed by atoms with Gasteiger partial charge in [0.05, 0.1) is 17.4 Å². The maximum absolute atomic E-state index is 12.6. The first-order chi connectivity index (χ1) is 14.5. The second-order valence-electron chi connectivity index (χ2n) is 10.2. The lowest BCUT2D eigenvalue weighted by molar-refractivity contribution is 0.0693. The first-order valence-corrected chi connectivity index (χ1v) is 11.3. The van der Waals surface area contributed by atoms with Gasteiger partial charge in [0, 0.05) is 25.9 Å². The molecule has 1 aliphatic carbocycles. The van der Waals surface area contributed by atoms with Crippen molar-refractivity contribution >= 4 is 11.7 Å². The number of carbonyl (C=O) groups is 1. The van der Waals surface area contributed by atoms with Gasteiger partial charge < -0.3 is 14.6 Å². The van der Waals surface area contributed by atoms with Crippen molar-refractivity contribution in [1.29, 1.82) is 0 Å². The first-order valence-electron chi connectivity index (χ1n) is 11.3. The topological polar surface area (TPSA) is 62.5 Å². The van der Waals surface area contributed by atoms with Crippen LogP contribution in [0.15, 0.2) is 46.4 Å². The molecule has 1 aromatic heterocycles. The summed E-state index contributed by atoms with van der Waals surface area (Å²) in [6, 6.07) is 1.58. The number of hydrogen-bond donors (Lipinski definition) is 1. The minimum absolute atomic E-state index is 0.0588. The average Bonchev–Trinajstić information content (AvgIpc) is 2.70. The molecule has 0 radical (unpaired) electrons. The molecule has 5 heteroatoms. The van der Waals surface area contributed by atoms with Gasteiger partial charge >= 0.3 is 5.97 Å². The summed E-state index contributed by atoms with van der Waals surface area (Å²) in [7, 11) is 2.07. The van der Waals surface area contributed by atoms with Crippen LogP contribution in [0.4, 0.5) is 0 Å². The third kappa shape index (κ3) is 4.86. The van der Waals surface area contributed by atoms with E-state index in [1.165, 1.54) is 30.1 Å². The van der Waals surface area contributed by atoms with Crippen molar-refractivity contribution in [3.63, 3.8) is 0 Å². The fourth-order valence-corrected chi connectivity index (χ4v) is 4.53. The molecule has 2 aliphatic rings. The van der Waals surface area contributed by atoms with Gasteiger partial charge in [-0.2, -0.15) is 0 Å². The summed E-state index contributed by atoms with van der Waals surface area (Å²) >= 11 is 0. The van der Waals surface area contributed by atoms with Gasteiger partial charge in [-0.1, -0.05) is 64.8 Å². The molecule has 5 nitrogen and oxygen atoms in total. The summed E-state index contributed by atoms with van der Waals surface area (Å²) in [5, 5.41) is 9.53. The van der Waals surface area contributed by atoms with Crippen molar-refractivity contribution in [3.8, 4) is 0 Å². The fraction of sp³-hybridized carbons (Fsp3) is 0.538. The van der Waals surface area contributed by atoms with Gasteiger partial charge in [-0.15, -0.1) is 0 Å². The number of allylic oxidation sites excluding steroid dienone is 5. The van der Waals surface area contributed by atoms with Gasteiger partial charge in [0.1, 0.15) is 5.56 Å². The van der Waals surface area contributed by atoms with Crippen LogP contribution in [-0.2, 0) is 0 Å². The molecule has 0 bridgehead atoms. The van der Waals surface area contributed by atoms with Crippen molar-refractivity contribution in [1.82, 2.24) is 9.47 Å². The van der Waals surface area contributed by atoms with Crippen LogP contribution in [0.3, 0.4) is 0 Å². The number of aromatic carboxylic acids is 1. The second kappa shape index (κ2) is 8.89. The number of pyridine rings is 1. The molecule has 0 saturated carbocycles. The number of likely N-dealkylation sites (N-methyl/N-ethyl adjacent to an activating group) is 1. The molecule has 0 spiro atoms. The highest BCUT2D eigenvalue weighted by Gasteiger charge is 2.35. The summed E-state index contributed by atoms with van der Waals surface area (Å²) < 4.78 is 2.03. The molecule has 3 rings (SSSR count). The summed E-state index contributed by atoms with van der Waals surface area (Å²) in [4.78, 5) is 26.5. The van der Waals surface area contributed by atoms with Gasteiger partial charge in [-0.3, -0.25) is 4.79 Å². The Hall–Kier alpha value is -2.56. The Morgan fingerprint density at radius 2 is 2.03 bits per heavy atom. The van der Waals surface area contributed by atoms with Crippen molar-refractivity contribution in [2.75, 3.05) is 13.6 Å². The minimum Gasteiger partial charge on any atom is -0.477 e. The van der Waals surface area contributed by atoms with E-state index in [4.69, 9.17) is 0 Å². The molecule has 1 aliphatic heterocycles. The molecule has 31 heavy (non-hydrogen) atoms. The van der Waals surface area contributed by atoms with Gasteiger partial charge in [0.2, 0.25) is 0 Å². The van der Waals surface area contributed by atoms with Crippen molar-refractivity contribution in [2.24, 2.45) is 11.3 Å². The number of carboxylic acids is 1. The minimum atomic E-state index is -1.17. The van der Waals surface area contributed by atoms with E-state index in [0.29, 0.717) is 5.92 Å². The molecule has 0 fully saturated rings. The Kier molecular flexibility index (Phi) is 6.63. The van der Waals surface area contributed by atoms with E-state index in [1.54, 1.807) is 6.20 Å². The maximum Gasteiger partial charge on any atom is 0.341 e. The first kappa shape index (κ1) is 23.1. The second-order valence-corrected chi connectivity index (χ2v) is 10.2. The van der Waals surface area contributed by atoms with Crippen molar-refractivity contribution in [2.45, 2.75) is 66.3 Å². The molecule has 0 aromatic carbocycles. The monoisotopic (exact) mass is 424 g/mol. The smallest absolute Gasteiger partial charge is 0.341 e. The summed E-state index contributed by atoms with van der Waals surface area (Å²) in [5.74, 6) is -0.463. The largest absolute Gasteiger partial charge is 0.477 e. The molecule has 1 N–H and O–H groups in total. The zero-order valence-electron chi connectivity index (χ0n) is 19.7. The molecular weight excluding hydrogens is 388 g/mol. The molecule has 168 valence electrons. The number of hydrogen-bond acceptors (Lipinski definition) is 3. The van der Waals surface area contributed by atoms with E-state index in [1.807, 2.05) is 4.57 Å². The normalized spacial score (nSPS) is 22.2. The van der Waals surface area contributed by atoms with E-state index < -0.39 is 11.4 Å². The summed E-state index contributed by atoms with van der Waals surface area (Å²) in [6.07, 6.45) is 12.3. The van der Waals surface area contributed by atoms with Gasteiger partial charge in [-0.05, 0) is 36.2 Å². The lowest BCUT2D eigenvalue weighted by atomic mass is 9.83. The van der Waals surface area contributed by atoms with E-state index in [9.17, 15) is 14.7 Å². The van der Waals surface area contributed by atoms with Crippen LogP contribution in [0.1, 0.15) is 82.4 Å². The predicted octanol–water partition coefficient (Wildman–Crippen LogP) is 5.50. The lowest BCUT2D eigenvalue weighted by Crippen LogP contribution is -2.42. The number of nitrogens with zero attached hydrogens (tertiary/aromatic N) is 2. The van der Waals surface area contributed by atoms with Gasteiger partial charge in [0.15, 0.2) is 5.43 Å². The van der Waals surface area contributed by atoms with E-state index in [-0.39, 0.29) is 17.0 Å². The zero-order chi connectivity index (χ0) is 22.9. The number of carboxylic acid groups (broad SMARTS) is 1. The molecule has 2 atom stereocenters. The highest BCUT2D eigenvalue weighted by atomic mass is 16.4. The Morgan fingerprint density at radius 1 is 1.32 bits per heavy atom. The quantitative estimate of drug-likeness (QED) is 0.678. The zero-order valence-corrected chi connectivity index (χ0v) is 19.7. The van der Waals surface area contributed by atoms with Crippen LogP contribution in [-0.4, -0.2) is 34.1 Å². The Bertz CT molecular complexity index is 1000. The third-order valence-corrected chi connectivity index (χ3v) is 6.72. The van der Waals surface area contributed by atoms with Gasteiger partial charge in [-0.25, -0.2) is 4.79 Å². The highest BCUT2D eigenvalue weighted by Crippen LogP contribution is 2.41. The molecule has 0 amide bonds. The average molecular weight is 425 g/mol. The fourth-order valence-electron chi connectivity index (χ4n) is 4.53. The van der Waals surface area contributed by atoms with Gasteiger partial charge in [0.25, 0.3) is 0 Å². The molecule has 2 heterocycles. The van der Waals surface area contributed by atoms with Crippen molar-refractivity contribution in [3.05, 3.63) is 63.1 Å². The Labute approximate surface area is 185 Å². The van der Waals surface area contributed by atoms with Crippen LogP contribution in [0, 0.1) is 11.3 Å². The number of fused-ring (bicyclic) bond motifs is 1. The standard InChI is InChI=1S/C26H36N2O3/c1-7-17(2)11-12-18-9-8-10-19(13-18)24-21-14-22(29)20(25(30)31)15-28(21)23(16-27(24)6)26(3,4)5/h8-10,14-15,17,23H,7,11-13,16H2,1-6H3,(H,30,31)/b24-19-. The van der Waals surface area contributed by atoms with E-state index in [0.717, 1.165) is 30.8 Å². The Balaban J connectivity index is 2.09. The SMILES string of the molecule is CCC(C)CCC1=CC=C/C(=C2\c3cc(=O)c(C(=O)O)cn3C(C(C)(C)C)CN2C)C1. The van der Waals surface area contributed by atoms with Crippen LogP contribution in [0.5, 0.6) is 0 Å². The summed E-state index contributed by atoms with van der Waals surface area (Å²) in [5.41, 5.74) is 3.74. The molecule has 0 saturated heterocycles. The maximum atomic E-state index is 12.6. The van der Waals surface area contributed by atoms with Crippen LogP contribution >= 0.6 is 0 Å². The molecular formula is C26H36N2O3. The Morgan fingerprint density at radius 3 is 2.65 bits per heavy atom. The van der Waals surface area contributed by atoms with E-state index >= 15 is 0 Å². The highest BCUT2D eigenvalue weighted by molar-refractivity contribution is 5.87. The van der Waals surface area contributed by atoms with Crippen LogP contribution in [0.25, 0.3) is 5.70 Å². The lowest BCUT2D eigenvalue weighted by Gasteiger charge is -2.44. The van der Waals surface area contributed by atoms with Crippen LogP contribution < -0.4 is 5.43 Å². The van der Waals surface area contributed by atoms with Crippen molar-refractivity contribution < 1.29 is 9.90 Å².